The summed E-state index contributed by atoms with van der Waals surface area (Å²) in [4.78, 5) is 12.3. The summed E-state index contributed by atoms with van der Waals surface area (Å²) < 4.78 is 16.1. The predicted octanol–water partition coefficient (Wildman–Crippen LogP) is 3.04. The van der Waals surface area contributed by atoms with Crippen LogP contribution >= 0.6 is 0 Å². The second kappa shape index (κ2) is 8.93. The number of ether oxygens (including phenoxy) is 3. The van der Waals surface area contributed by atoms with Crippen molar-refractivity contribution in [1.29, 1.82) is 0 Å². The molecule has 24 heavy (non-hydrogen) atoms. The minimum atomic E-state index is -0.150. The van der Waals surface area contributed by atoms with Crippen LogP contribution in [0.2, 0.25) is 0 Å². The molecule has 2 aromatic rings. The molecule has 0 saturated carbocycles. The molecule has 0 heterocycles. The second-order valence-electron chi connectivity index (χ2n) is 5.46. The zero-order valence-corrected chi connectivity index (χ0v) is 14.2. The first-order valence-electron chi connectivity index (χ1n) is 7.78. The molecule has 0 radical (unpaired) electrons. The van der Waals surface area contributed by atoms with Crippen LogP contribution in [0, 0.1) is 0 Å². The van der Waals surface area contributed by atoms with E-state index < -0.39 is 0 Å². The van der Waals surface area contributed by atoms with E-state index in [-0.39, 0.29) is 11.9 Å². The van der Waals surface area contributed by atoms with Gasteiger partial charge in [0.2, 0.25) is 0 Å². The van der Waals surface area contributed by atoms with E-state index in [4.69, 9.17) is 14.2 Å². The van der Waals surface area contributed by atoms with Gasteiger partial charge in [-0.15, -0.1) is 0 Å². The van der Waals surface area contributed by atoms with Gasteiger partial charge in [0.1, 0.15) is 18.1 Å². The Hall–Kier alpha value is -2.53. The molecule has 0 aromatic heterocycles. The molecule has 0 aliphatic heterocycles. The highest BCUT2D eigenvalue weighted by molar-refractivity contribution is 5.94. The van der Waals surface area contributed by atoms with Crippen molar-refractivity contribution < 1.29 is 19.0 Å². The molecule has 0 fully saturated rings. The fourth-order valence-corrected chi connectivity index (χ4v) is 2.31. The Labute approximate surface area is 142 Å². The SMILES string of the molecule is COC[C@H](C)NC(=O)c1ccc(OC)c(COc2ccccc2)c1. The van der Waals surface area contributed by atoms with Crippen molar-refractivity contribution in [3.63, 3.8) is 0 Å². The summed E-state index contributed by atoms with van der Waals surface area (Å²) in [7, 11) is 3.21. The number of hydrogen-bond acceptors (Lipinski definition) is 4. The van der Waals surface area contributed by atoms with Crippen LogP contribution in [0.4, 0.5) is 0 Å². The molecule has 5 nitrogen and oxygen atoms in total. The van der Waals surface area contributed by atoms with Gasteiger partial charge in [-0.05, 0) is 37.3 Å². The molecular formula is C19H23NO4. The summed E-state index contributed by atoms with van der Waals surface area (Å²) in [5.74, 6) is 1.30. The number of para-hydroxylation sites is 1. The smallest absolute Gasteiger partial charge is 0.251 e. The van der Waals surface area contributed by atoms with Gasteiger partial charge < -0.3 is 19.5 Å². The number of nitrogens with one attached hydrogen (secondary N) is 1. The summed E-state index contributed by atoms with van der Waals surface area (Å²) in [5.41, 5.74) is 1.37. The minimum Gasteiger partial charge on any atom is -0.496 e. The fraction of sp³-hybridized carbons (Fsp3) is 0.316. The molecule has 1 atom stereocenters. The predicted molar refractivity (Wildman–Crippen MR) is 92.6 cm³/mol. The van der Waals surface area contributed by atoms with Gasteiger partial charge in [0.15, 0.2) is 0 Å². The van der Waals surface area contributed by atoms with Crippen LogP contribution in [0.5, 0.6) is 11.5 Å². The largest absolute Gasteiger partial charge is 0.496 e. The van der Waals surface area contributed by atoms with E-state index in [9.17, 15) is 4.79 Å². The monoisotopic (exact) mass is 329 g/mol. The quantitative estimate of drug-likeness (QED) is 0.809. The molecule has 0 bridgehead atoms. The lowest BCUT2D eigenvalue weighted by molar-refractivity contribution is 0.0905. The van der Waals surface area contributed by atoms with Crippen molar-refractivity contribution in [2.45, 2.75) is 19.6 Å². The van der Waals surface area contributed by atoms with Gasteiger partial charge in [-0.1, -0.05) is 18.2 Å². The normalized spacial score (nSPS) is 11.6. The van der Waals surface area contributed by atoms with E-state index in [2.05, 4.69) is 5.32 Å². The minimum absolute atomic E-state index is 0.0615. The Morgan fingerprint density at radius 2 is 1.88 bits per heavy atom. The summed E-state index contributed by atoms with van der Waals surface area (Å²) in [6.07, 6.45) is 0. The van der Waals surface area contributed by atoms with Crippen molar-refractivity contribution in [2.75, 3.05) is 20.8 Å². The van der Waals surface area contributed by atoms with Gasteiger partial charge in [-0.25, -0.2) is 0 Å². The molecule has 5 heteroatoms. The lowest BCUT2D eigenvalue weighted by atomic mass is 10.1. The topological polar surface area (TPSA) is 56.8 Å². The van der Waals surface area contributed by atoms with Gasteiger partial charge >= 0.3 is 0 Å². The molecule has 0 unspecified atom stereocenters. The first-order valence-corrected chi connectivity index (χ1v) is 7.78. The molecule has 0 spiro atoms. The van der Waals surface area contributed by atoms with Crippen molar-refractivity contribution >= 4 is 5.91 Å². The molecule has 2 rings (SSSR count). The van der Waals surface area contributed by atoms with Gasteiger partial charge in [-0.2, -0.15) is 0 Å². The number of carbonyl (C=O) groups is 1. The summed E-state index contributed by atoms with van der Waals surface area (Å²) in [6, 6.07) is 14.8. The zero-order valence-electron chi connectivity index (χ0n) is 14.2. The average molecular weight is 329 g/mol. The van der Waals surface area contributed by atoms with Crippen LogP contribution in [0.3, 0.4) is 0 Å². The Kier molecular flexibility index (Phi) is 6.63. The van der Waals surface area contributed by atoms with E-state index >= 15 is 0 Å². The first kappa shape index (κ1) is 17.8. The second-order valence-corrected chi connectivity index (χ2v) is 5.46. The number of carbonyl (C=O) groups excluding carboxylic acids is 1. The average Bonchev–Trinajstić information content (AvgIpc) is 2.60. The van der Waals surface area contributed by atoms with Crippen molar-refractivity contribution in [3.8, 4) is 11.5 Å². The van der Waals surface area contributed by atoms with Crippen LogP contribution < -0.4 is 14.8 Å². The maximum Gasteiger partial charge on any atom is 0.251 e. The Morgan fingerprint density at radius 1 is 1.12 bits per heavy atom. The fourth-order valence-electron chi connectivity index (χ4n) is 2.31. The lowest BCUT2D eigenvalue weighted by Gasteiger charge is -2.15. The van der Waals surface area contributed by atoms with Gasteiger partial charge in [-0.3, -0.25) is 4.79 Å². The van der Waals surface area contributed by atoms with E-state index in [0.717, 1.165) is 11.3 Å². The van der Waals surface area contributed by atoms with Crippen LogP contribution in [-0.4, -0.2) is 32.8 Å². The lowest BCUT2D eigenvalue weighted by Crippen LogP contribution is -2.35. The van der Waals surface area contributed by atoms with Crippen molar-refractivity contribution in [3.05, 3.63) is 59.7 Å². The zero-order chi connectivity index (χ0) is 17.4. The summed E-state index contributed by atoms with van der Waals surface area (Å²) in [6.45, 7) is 2.68. The van der Waals surface area contributed by atoms with Gasteiger partial charge in [0.25, 0.3) is 5.91 Å². The Morgan fingerprint density at radius 3 is 2.54 bits per heavy atom. The van der Waals surface area contributed by atoms with E-state index in [1.54, 1.807) is 32.4 Å². The van der Waals surface area contributed by atoms with Crippen LogP contribution in [-0.2, 0) is 11.3 Å². The summed E-state index contributed by atoms with van der Waals surface area (Å²) in [5, 5.41) is 2.89. The molecule has 0 saturated heterocycles. The third kappa shape index (κ3) is 4.99. The van der Waals surface area contributed by atoms with Crippen LogP contribution in [0.25, 0.3) is 0 Å². The van der Waals surface area contributed by atoms with Crippen LogP contribution in [0.1, 0.15) is 22.8 Å². The number of hydrogen-bond donors (Lipinski definition) is 1. The third-order valence-corrected chi connectivity index (χ3v) is 3.47. The molecular weight excluding hydrogens is 306 g/mol. The maximum atomic E-state index is 12.3. The molecule has 1 amide bonds. The third-order valence-electron chi connectivity index (χ3n) is 3.47. The standard InChI is InChI=1S/C19H23NO4/c1-14(12-22-2)20-19(21)15-9-10-18(23-3)16(11-15)13-24-17-7-5-4-6-8-17/h4-11,14H,12-13H2,1-3H3,(H,20,21)/t14-/m0/s1. The highest BCUT2D eigenvalue weighted by Gasteiger charge is 2.13. The maximum absolute atomic E-state index is 12.3. The molecule has 0 aliphatic rings. The Bertz CT molecular complexity index is 658. The number of methoxy groups -OCH3 is 2. The highest BCUT2D eigenvalue weighted by Crippen LogP contribution is 2.22. The molecule has 0 aliphatic carbocycles. The van der Waals surface area contributed by atoms with E-state index in [1.165, 1.54) is 0 Å². The van der Waals surface area contributed by atoms with Crippen molar-refractivity contribution in [2.24, 2.45) is 0 Å². The van der Waals surface area contributed by atoms with Gasteiger partial charge in [0, 0.05) is 24.3 Å². The van der Waals surface area contributed by atoms with E-state index in [1.807, 2.05) is 37.3 Å². The molecule has 128 valence electrons. The number of benzene rings is 2. The first-order chi connectivity index (χ1) is 11.6. The highest BCUT2D eigenvalue weighted by atomic mass is 16.5. The number of amides is 1. The molecule has 2 aromatic carbocycles. The number of rotatable bonds is 8. The Balaban J connectivity index is 2.10. The summed E-state index contributed by atoms with van der Waals surface area (Å²) >= 11 is 0. The van der Waals surface area contributed by atoms with Gasteiger partial charge in [0.05, 0.1) is 13.7 Å². The van der Waals surface area contributed by atoms with Crippen molar-refractivity contribution in [1.82, 2.24) is 5.32 Å². The van der Waals surface area contributed by atoms with Crippen LogP contribution in [0.15, 0.2) is 48.5 Å². The molecule has 1 N–H and O–H groups in total. The van der Waals surface area contributed by atoms with E-state index in [0.29, 0.717) is 24.5 Å².